The van der Waals surface area contributed by atoms with E-state index in [1.54, 1.807) is 19.2 Å². The number of ether oxygens (including phenoxy) is 1. The smallest absolute Gasteiger partial charge is 0.335 e. The topological polar surface area (TPSA) is 46.5 Å². The molecule has 0 fully saturated rings. The van der Waals surface area contributed by atoms with Gasteiger partial charge in [0.05, 0.1) is 11.7 Å². The van der Waals surface area contributed by atoms with E-state index in [0.717, 1.165) is 24.0 Å². The number of aromatic carboxylic acids is 1. The molecule has 0 saturated heterocycles. The zero-order valence-electron chi connectivity index (χ0n) is 7.99. The Bertz CT molecular complexity index is 371. The van der Waals surface area contributed by atoms with Gasteiger partial charge in [0.2, 0.25) is 0 Å². The molecule has 0 heterocycles. The molecule has 1 unspecified atom stereocenters. The molecule has 1 aromatic rings. The molecule has 3 heteroatoms. The molecule has 1 aliphatic carbocycles. The standard InChI is InChI=1S/C11H12O3/c1-14-10-5-3-7-6-8(11(12)13)2-4-9(7)10/h2,4,6,10H,3,5H2,1H3,(H,12,13). The summed E-state index contributed by atoms with van der Waals surface area (Å²) in [6.07, 6.45) is 2.01. The first-order valence-corrected chi connectivity index (χ1v) is 4.61. The monoisotopic (exact) mass is 192 g/mol. The van der Waals surface area contributed by atoms with Gasteiger partial charge in [0.15, 0.2) is 0 Å². The van der Waals surface area contributed by atoms with Gasteiger partial charge in [0.25, 0.3) is 0 Å². The molecule has 0 bridgehead atoms. The summed E-state index contributed by atoms with van der Waals surface area (Å²) < 4.78 is 5.29. The fourth-order valence-electron chi connectivity index (χ4n) is 1.96. The fourth-order valence-corrected chi connectivity index (χ4v) is 1.96. The maximum atomic E-state index is 10.7. The summed E-state index contributed by atoms with van der Waals surface area (Å²) in [6.45, 7) is 0. The van der Waals surface area contributed by atoms with Crippen molar-refractivity contribution >= 4 is 5.97 Å². The number of fused-ring (bicyclic) bond motifs is 1. The van der Waals surface area contributed by atoms with E-state index in [0.29, 0.717) is 5.56 Å². The summed E-state index contributed by atoms with van der Waals surface area (Å²) in [5, 5.41) is 8.81. The molecular weight excluding hydrogens is 180 g/mol. The summed E-state index contributed by atoms with van der Waals surface area (Å²) >= 11 is 0. The maximum absolute atomic E-state index is 10.7. The second kappa shape index (κ2) is 3.42. The molecule has 74 valence electrons. The van der Waals surface area contributed by atoms with Crippen molar-refractivity contribution in [3.63, 3.8) is 0 Å². The number of aryl methyl sites for hydroxylation is 1. The number of carboxylic acids is 1. The SMILES string of the molecule is COC1CCc2cc(C(=O)O)ccc21. The van der Waals surface area contributed by atoms with E-state index in [-0.39, 0.29) is 6.10 Å². The lowest BCUT2D eigenvalue weighted by Gasteiger charge is -2.08. The fraction of sp³-hybridized carbons (Fsp3) is 0.364. The van der Waals surface area contributed by atoms with Crippen LogP contribution >= 0.6 is 0 Å². The van der Waals surface area contributed by atoms with Crippen molar-refractivity contribution in [2.24, 2.45) is 0 Å². The summed E-state index contributed by atoms with van der Waals surface area (Å²) in [6, 6.07) is 5.25. The number of hydrogen-bond acceptors (Lipinski definition) is 2. The Morgan fingerprint density at radius 3 is 3.00 bits per heavy atom. The van der Waals surface area contributed by atoms with E-state index in [1.165, 1.54) is 0 Å². The molecule has 3 nitrogen and oxygen atoms in total. The van der Waals surface area contributed by atoms with E-state index >= 15 is 0 Å². The highest BCUT2D eigenvalue weighted by Gasteiger charge is 2.22. The predicted octanol–water partition coefficient (Wildman–Crippen LogP) is 2.02. The van der Waals surface area contributed by atoms with Crippen LogP contribution in [0.5, 0.6) is 0 Å². The van der Waals surface area contributed by atoms with Crippen molar-refractivity contribution in [3.8, 4) is 0 Å². The Balaban J connectivity index is 2.39. The lowest BCUT2D eigenvalue weighted by molar-refractivity contribution is 0.0696. The average Bonchev–Trinajstić information content (AvgIpc) is 2.59. The number of carboxylic acid groups (broad SMARTS) is 1. The Hall–Kier alpha value is -1.35. The molecule has 1 aliphatic rings. The minimum absolute atomic E-state index is 0.146. The zero-order valence-corrected chi connectivity index (χ0v) is 7.99. The Kier molecular flexibility index (Phi) is 2.25. The van der Waals surface area contributed by atoms with Crippen molar-refractivity contribution in [1.82, 2.24) is 0 Å². The number of methoxy groups -OCH3 is 1. The van der Waals surface area contributed by atoms with E-state index < -0.39 is 5.97 Å². The van der Waals surface area contributed by atoms with Gasteiger partial charge in [0.1, 0.15) is 0 Å². The Labute approximate surface area is 82.3 Å². The summed E-state index contributed by atoms with van der Waals surface area (Å²) in [5.41, 5.74) is 2.61. The minimum Gasteiger partial charge on any atom is -0.478 e. The number of rotatable bonds is 2. The molecular formula is C11H12O3. The van der Waals surface area contributed by atoms with Crippen molar-refractivity contribution in [2.75, 3.05) is 7.11 Å². The quantitative estimate of drug-likeness (QED) is 0.779. The molecule has 0 aromatic heterocycles. The molecule has 14 heavy (non-hydrogen) atoms. The van der Waals surface area contributed by atoms with Crippen LogP contribution in [-0.2, 0) is 11.2 Å². The van der Waals surface area contributed by atoms with Crippen molar-refractivity contribution in [2.45, 2.75) is 18.9 Å². The van der Waals surface area contributed by atoms with Crippen LogP contribution in [0.4, 0.5) is 0 Å². The van der Waals surface area contributed by atoms with Crippen LogP contribution in [0.3, 0.4) is 0 Å². The van der Waals surface area contributed by atoms with E-state index in [9.17, 15) is 4.79 Å². The van der Waals surface area contributed by atoms with Crippen LogP contribution in [0.1, 0.15) is 34.0 Å². The van der Waals surface area contributed by atoms with Crippen LogP contribution < -0.4 is 0 Å². The first-order chi connectivity index (χ1) is 6.72. The van der Waals surface area contributed by atoms with Crippen molar-refractivity contribution in [1.29, 1.82) is 0 Å². The van der Waals surface area contributed by atoms with Gasteiger partial charge in [0, 0.05) is 7.11 Å². The molecule has 0 saturated carbocycles. The first-order valence-electron chi connectivity index (χ1n) is 4.61. The first kappa shape index (κ1) is 9.21. The number of benzene rings is 1. The highest BCUT2D eigenvalue weighted by atomic mass is 16.5. The van der Waals surface area contributed by atoms with Gasteiger partial charge < -0.3 is 9.84 Å². The summed E-state index contributed by atoms with van der Waals surface area (Å²) in [5.74, 6) is -0.867. The summed E-state index contributed by atoms with van der Waals surface area (Å²) in [7, 11) is 1.69. The average molecular weight is 192 g/mol. The van der Waals surface area contributed by atoms with Crippen molar-refractivity contribution in [3.05, 3.63) is 34.9 Å². The van der Waals surface area contributed by atoms with E-state index in [4.69, 9.17) is 9.84 Å². The molecule has 0 radical (unpaired) electrons. The zero-order chi connectivity index (χ0) is 10.1. The normalized spacial score (nSPS) is 19.4. The molecule has 0 aliphatic heterocycles. The van der Waals surface area contributed by atoms with Crippen LogP contribution in [0.2, 0.25) is 0 Å². The summed E-state index contributed by atoms with van der Waals surface area (Å²) in [4.78, 5) is 10.7. The largest absolute Gasteiger partial charge is 0.478 e. The molecule has 2 rings (SSSR count). The van der Waals surface area contributed by atoms with Gasteiger partial charge in [-0.3, -0.25) is 0 Å². The van der Waals surface area contributed by atoms with Gasteiger partial charge in [-0.2, -0.15) is 0 Å². The molecule has 0 spiro atoms. The third kappa shape index (κ3) is 1.40. The molecule has 1 N–H and O–H groups in total. The van der Waals surface area contributed by atoms with Gasteiger partial charge in [-0.05, 0) is 36.1 Å². The van der Waals surface area contributed by atoms with Gasteiger partial charge in [-0.1, -0.05) is 6.07 Å². The molecule has 0 amide bonds. The predicted molar refractivity (Wildman–Crippen MR) is 51.5 cm³/mol. The lowest BCUT2D eigenvalue weighted by atomic mass is 10.1. The van der Waals surface area contributed by atoms with Crippen LogP contribution in [0, 0.1) is 0 Å². The van der Waals surface area contributed by atoms with Gasteiger partial charge in [-0.15, -0.1) is 0 Å². The van der Waals surface area contributed by atoms with E-state index in [1.807, 2.05) is 6.07 Å². The van der Waals surface area contributed by atoms with Gasteiger partial charge in [-0.25, -0.2) is 4.79 Å². The second-order valence-corrected chi connectivity index (χ2v) is 3.48. The van der Waals surface area contributed by atoms with Crippen LogP contribution in [-0.4, -0.2) is 18.2 Å². The minimum atomic E-state index is -0.867. The number of carbonyl (C=O) groups is 1. The Morgan fingerprint density at radius 1 is 1.57 bits per heavy atom. The Morgan fingerprint density at radius 2 is 2.36 bits per heavy atom. The van der Waals surface area contributed by atoms with Crippen molar-refractivity contribution < 1.29 is 14.6 Å². The van der Waals surface area contributed by atoms with Crippen LogP contribution in [0.15, 0.2) is 18.2 Å². The van der Waals surface area contributed by atoms with Crippen LogP contribution in [0.25, 0.3) is 0 Å². The highest BCUT2D eigenvalue weighted by Crippen LogP contribution is 2.33. The third-order valence-electron chi connectivity index (χ3n) is 2.70. The molecule has 1 atom stereocenters. The highest BCUT2D eigenvalue weighted by molar-refractivity contribution is 5.88. The lowest BCUT2D eigenvalue weighted by Crippen LogP contribution is -1.99. The number of hydrogen-bond donors (Lipinski definition) is 1. The van der Waals surface area contributed by atoms with Gasteiger partial charge >= 0.3 is 5.97 Å². The van der Waals surface area contributed by atoms with E-state index in [2.05, 4.69) is 0 Å². The second-order valence-electron chi connectivity index (χ2n) is 3.48. The maximum Gasteiger partial charge on any atom is 0.335 e. The third-order valence-corrected chi connectivity index (χ3v) is 2.70. The molecule has 1 aromatic carbocycles.